The van der Waals surface area contributed by atoms with E-state index in [-0.39, 0.29) is 24.2 Å². The van der Waals surface area contributed by atoms with Gasteiger partial charge in [0.2, 0.25) is 11.8 Å². The number of aryl methyl sites for hydroxylation is 1. The maximum absolute atomic E-state index is 12.6. The van der Waals surface area contributed by atoms with Gasteiger partial charge in [0.05, 0.1) is 5.92 Å². The lowest BCUT2D eigenvalue weighted by Gasteiger charge is -2.14. The number of nitrogens with zero attached hydrogens (tertiary/aromatic N) is 4. The summed E-state index contributed by atoms with van der Waals surface area (Å²) in [7, 11) is 0. The second-order valence-corrected chi connectivity index (χ2v) is 7.31. The van der Waals surface area contributed by atoms with E-state index in [9.17, 15) is 9.59 Å². The third-order valence-corrected chi connectivity index (χ3v) is 5.46. The van der Waals surface area contributed by atoms with E-state index >= 15 is 0 Å². The van der Waals surface area contributed by atoms with E-state index in [2.05, 4.69) is 20.1 Å². The van der Waals surface area contributed by atoms with Crippen molar-refractivity contribution in [3.8, 4) is 11.4 Å². The molecule has 2 aliphatic rings. The van der Waals surface area contributed by atoms with Gasteiger partial charge in [-0.3, -0.25) is 9.59 Å². The van der Waals surface area contributed by atoms with Gasteiger partial charge in [0, 0.05) is 43.7 Å². The van der Waals surface area contributed by atoms with E-state index in [4.69, 9.17) is 0 Å². The van der Waals surface area contributed by atoms with E-state index in [1.807, 2.05) is 31.2 Å². The fourth-order valence-corrected chi connectivity index (χ4v) is 3.93. The lowest BCUT2D eigenvalue weighted by Crippen LogP contribution is -2.28. The molecule has 0 radical (unpaired) electrons. The Kier molecular flexibility index (Phi) is 4.92. The van der Waals surface area contributed by atoms with Crippen LogP contribution in [0.4, 0.5) is 5.69 Å². The highest BCUT2D eigenvalue weighted by Crippen LogP contribution is 2.26. The highest BCUT2D eigenvalue weighted by atomic mass is 16.2. The standard InChI is InChI=1S/C20H25N5O2/c1-2-24-13-15(12-18(24)26)20(27)21-16-8-6-7-14(11-16)19-23-22-17-9-4-3-5-10-25(17)19/h6-8,11,15H,2-5,9-10,12-13H2,1H3,(H,21,27)/t15-/m0/s1. The monoisotopic (exact) mass is 367 g/mol. The molecule has 0 saturated carbocycles. The van der Waals surface area contributed by atoms with Crippen LogP contribution in [-0.2, 0) is 22.6 Å². The third kappa shape index (κ3) is 3.59. The van der Waals surface area contributed by atoms with Crippen LogP contribution in [0, 0.1) is 5.92 Å². The van der Waals surface area contributed by atoms with E-state index < -0.39 is 0 Å². The minimum Gasteiger partial charge on any atom is -0.342 e. The fourth-order valence-electron chi connectivity index (χ4n) is 3.93. The summed E-state index contributed by atoms with van der Waals surface area (Å²) in [4.78, 5) is 26.2. The summed E-state index contributed by atoms with van der Waals surface area (Å²) in [5.74, 6) is 1.57. The summed E-state index contributed by atoms with van der Waals surface area (Å²) in [6, 6.07) is 7.72. The molecule has 7 heteroatoms. The van der Waals surface area contributed by atoms with Crippen molar-refractivity contribution in [2.75, 3.05) is 18.4 Å². The maximum atomic E-state index is 12.6. The number of rotatable bonds is 4. The van der Waals surface area contributed by atoms with Gasteiger partial charge in [0.25, 0.3) is 0 Å². The molecule has 2 aliphatic heterocycles. The molecule has 4 rings (SSSR count). The van der Waals surface area contributed by atoms with Crippen molar-refractivity contribution < 1.29 is 9.59 Å². The van der Waals surface area contributed by atoms with Crippen LogP contribution in [0.3, 0.4) is 0 Å². The van der Waals surface area contributed by atoms with Crippen molar-refractivity contribution in [3.63, 3.8) is 0 Å². The van der Waals surface area contributed by atoms with Crippen molar-refractivity contribution in [1.82, 2.24) is 19.7 Å². The Morgan fingerprint density at radius 1 is 1.26 bits per heavy atom. The minimum atomic E-state index is -0.287. The van der Waals surface area contributed by atoms with Gasteiger partial charge in [-0.25, -0.2) is 0 Å². The molecule has 1 N–H and O–H groups in total. The quantitative estimate of drug-likeness (QED) is 0.900. The number of hydrogen-bond donors (Lipinski definition) is 1. The van der Waals surface area contributed by atoms with Gasteiger partial charge in [-0.1, -0.05) is 18.6 Å². The van der Waals surface area contributed by atoms with Crippen LogP contribution in [0.2, 0.25) is 0 Å². The predicted molar refractivity (Wildman–Crippen MR) is 102 cm³/mol. The van der Waals surface area contributed by atoms with E-state index in [1.165, 1.54) is 6.42 Å². The largest absolute Gasteiger partial charge is 0.342 e. The van der Waals surface area contributed by atoms with Crippen LogP contribution in [-0.4, -0.2) is 44.6 Å². The number of amides is 2. The molecule has 1 atom stereocenters. The molecule has 1 saturated heterocycles. The Hall–Kier alpha value is -2.70. The normalized spacial score (nSPS) is 19.7. The van der Waals surface area contributed by atoms with Gasteiger partial charge in [-0.2, -0.15) is 0 Å². The highest BCUT2D eigenvalue weighted by Gasteiger charge is 2.33. The molecule has 0 aliphatic carbocycles. The van der Waals surface area contributed by atoms with E-state index in [0.29, 0.717) is 13.1 Å². The van der Waals surface area contributed by atoms with Crippen LogP contribution < -0.4 is 5.32 Å². The summed E-state index contributed by atoms with van der Waals surface area (Å²) >= 11 is 0. The molecule has 27 heavy (non-hydrogen) atoms. The lowest BCUT2D eigenvalue weighted by molar-refractivity contribution is -0.128. The summed E-state index contributed by atoms with van der Waals surface area (Å²) in [5.41, 5.74) is 1.68. The predicted octanol–water partition coefficient (Wildman–Crippen LogP) is 2.48. The molecular formula is C20H25N5O2. The van der Waals surface area contributed by atoms with E-state index in [0.717, 1.165) is 48.7 Å². The summed E-state index contributed by atoms with van der Waals surface area (Å²) in [6.45, 7) is 4.02. The molecule has 3 heterocycles. The van der Waals surface area contributed by atoms with Gasteiger partial charge >= 0.3 is 0 Å². The zero-order chi connectivity index (χ0) is 18.8. The van der Waals surface area contributed by atoms with Crippen LogP contribution in [0.5, 0.6) is 0 Å². The zero-order valence-corrected chi connectivity index (χ0v) is 15.6. The van der Waals surface area contributed by atoms with Crippen LogP contribution in [0.15, 0.2) is 24.3 Å². The number of hydrogen-bond acceptors (Lipinski definition) is 4. The number of anilines is 1. The van der Waals surface area contributed by atoms with Gasteiger partial charge in [-0.15, -0.1) is 10.2 Å². The first-order chi connectivity index (χ1) is 13.2. The maximum Gasteiger partial charge on any atom is 0.229 e. The second-order valence-electron chi connectivity index (χ2n) is 7.31. The average molecular weight is 367 g/mol. The Morgan fingerprint density at radius 2 is 2.15 bits per heavy atom. The number of aromatic nitrogens is 3. The van der Waals surface area contributed by atoms with Gasteiger partial charge in [0.15, 0.2) is 5.82 Å². The molecular weight excluding hydrogens is 342 g/mol. The first-order valence-electron chi connectivity index (χ1n) is 9.77. The number of benzene rings is 1. The summed E-state index contributed by atoms with van der Waals surface area (Å²) in [5, 5.41) is 11.7. The molecule has 2 amide bonds. The van der Waals surface area contributed by atoms with Crippen LogP contribution >= 0.6 is 0 Å². The number of fused-ring (bicyclic) bond motifs is 1. The molecule has 0 unspecified atom stereocenters. The molecule has 2 aromatic rings. The van der Waals surface area contributed by atoms with Gasteiger partial charge in [-0.05, 0) is 31.9 Å². The van der Waals surface area contributed by atoms with Crippen molar-refractivity contribution >= 4 is 17.5 Å². The lowest BCUT2D eigenvalue weighted by atomic mass is 10.1. The van der Waals surface area contributed by atoms with Crippen molar-refractivity contribution in [1.29, 1.82) is 0 Å². The molecule has 1 aromatic heterocycles. The van der Waals surface area contributed by atoms with Crippen molar-refractivity contribution in [3.05, 3.63) is 30.1 Å². The Morgan fingerprint density at radius 3 is 2.96 bits per heavy atom. The topological polar surface area (TPSA) is 80.1 Å². The zero-order valence-electron chi connectivity index (χ0n) is 15.6. The van der Waals surface area contributed by atoms with Crippen LogP contribution in [0.25, 0.3) is 11.4 Å². The molecule has 7 nitrogen and oxygen atoms in total. The number of likely N-dealkylation sites (tertiary alicyclic amines) is 1. The summed E-state index contributed by atoms with van der Waals surface area (Å²) in [6.07, 6.45) is 4.76. The molecule has 142 valence electrons. The number of carbonyl (C=O) groups excluding carboxylic acids is 2. The highest BCUT2D eigenvalue weighted by molar-refractivity contribution is 5.97. The molecule has 1 fully saturated rings. The first-order valence-corrected chi connectivity index (χ1v) is 9.77. The van der Waals surface area contributed by atoms with E-state index in [1.54, 1.807) is 4.90 Å². The minimum absolute atomic E-state index is 0.0533. The van der Waals surface area contributed by atoms with Crippen LogP contribution in [0.1, 0.15) is 38.4 Å². The van der Waals surface area contributed by atoms with Gasteiger partial charge in [0.1, 0.15) is 5.82 Å². The first kappa shape index (κ1) is 17.7. The fraction of sp³-hybridized carbons (Fsp3) is 0.500. The molecule has 0 bridgehead atoms. The van der Waals surface area contributed by atoms with Crippen molar-refractivity contribution in [2.24, 2.45) is 5.92 Å². The van der Waals surface area contributed by atoms with Crippen molar-refractivity contribution in [2.45, 2.75) is 45.6 Å². The SMILES string of the molecule is CCN1C[C@@H](C(=O)Nc2cccc(-c3nnc4n3CCCCC4)c2)CC1=O. The Balaban J connectivity index is 1.51. The Bertz CT molecular complexity index is 860. The molecule has 1 aromatic carbocycles. The average Bonchev–Trinajstić information content (AvgIpc) is 3.17. The number of carbonyl (C=O) groups is 2. The summed E-state index contributed by atoms with van der Waals surface area (Å²) < 4.78 is 2.20. The third-order valence-electron chi connectivity index (χ3n) is 5.46. The Labute approximate surface area is 158 Å². The smallest absolute Gasteiger partial charge is 0.229 e. The molecule has 0 spiro atoms. The second kappa shape index (κ2) is 7.50. The number of nitrogens with one attached hydrogen (secondary N) is 1. The van der Waals surface area contributed by atoms with Gasteiger partial charge < -0.3 is 14.8 Å².